The van der Waals surface area contributed by atoms with Crippen LogP contribution in [0.3, 0.4) is 0 Å². The highest BCUT2D eigenvalue weighted by Crippen LogP contribution is 2.32. The van der Waals surface area contributed by atoms with E-state index in [1.807, 2.05) is 38.2 Å². The third-order valence-corrected chi connectivity index (χ3v) is 7.35. The number of allylic oxidation sites excluding steroid dienone is 5. The van der Waals surface area contributed by atoms with E-state index in [1.54, 1.807) is 6.92 Å². The van der Waals surface area contributed by atoms with Gasteiger partial charge in [0.15, 0.2) is 0 Å². The first-order valence-corrected chi connectivity index (χ1v) is 14.4. The minimum absolute atomic E-state index is 0.501. The molecule has 2 aromatic rings. The van der Waals surface area contributed by atoms with Gasteiger partial charge >= 0.3 is 0 Å². The zero-order valence-corrected chi connectivity index (χ0v) is 24.8. The van der Waals surface area contributed by atoms with Crippen LogP contribution in [0.2, 0.25) is 0 Å². The number of amidine groups is 1. The molecule has 1 amide bonds. The number of aliphatic imine (C=N–C) groups is 1. The highest BCUT2D eigenvalue weighted by molar-refractivity contribution is 5.85. The van der Waals surface area contributed by atoms with Crippen molar-refractivity contribution in [2.75, 3.05) is 7.05 Å². The maximum atomic E-state index is 12.3. The van der Waals surface area contributed by atoms with Gasteiger partial charge in [0, 0.05) is 42.6 Å². The van der Waals surface area contributed by atoms with Crippen LogP contribution in [0, 0.1) is 0 Å². The number of carbonyl (C=O) groups is 2. The van der Waals surface area contributed by atoms with Gasteiger partial charge in [0.2, 0.25) is 6.41 Å². The molecule has 1 aliphatic carbocycles. The molecule has 0 saturated carbocycles. The fraction of sp³-hybridized carbons (Fsp3) is 0.343. The van der Waals surface area contributed by atoms with Crippen LogP contribution in [0.5, 0.6) is 0 Å². The Kier molecular flexibility index (Phi) is 12.0. The molecule has 41 heavy (non-hydrogen) atoms. The molecule has 0 aliphatic heterocycles. The summed E-state index contributed by atoms with van der Waals surface area (Å²) in [5.41, 5.74) is 8.16. The van der Waals surface area contributed by atoms with Crippen molar-refractivity contribution in [3.63, 3.8) is 0 Å². The minimum atomic E-state index is -0.514. The van der Waals surface area contributed by atoms with E-state index in [2.05, 4.69) is 60.1 Å². The third kappa shape index (κ3) is 8.98. The number of nitrogens with zero attached hydrogens (tertiary/aromatic N) is 2. The average Bonchev–Trinajstić information content (AvgIpc) is 2.98. The molecule has 0 fully saturated rings. The largest absolute Gasteiger partial charge is 0.389 e. The number of hydrogen-bond acceptors (Lipinski definition) is 4. The Bertz CT molecular complexity index is 1350. The van der Waals surface area contributed by atoms with Crippen molar-refractivity contribution in [3.8, 4) is 0 Å². The predicted molar refractivity (Wildman–Crippen MR) is 168 cm³/mol. The predicted octanol–water partition coefficient (Wildman–Crippen LogP) is 6.84. The number of aldehydes is 1. The van der Waals surface area contributed by atoms with Crippen LogP contribution < -0.4 is 5.32 Å². The Balaban J connectivity index is 1.82. The summed E-state index contributed by atoms with van der Waals surface area (Å²) in [4.78, 5) is 30.3. The van der Waals surface area contributed by atoms with Crippen LogP contribution in [0.4, 0.5) is 0 Å². The third-order valence-electron chi connectivity index (χ3n) is 7.35. The maximum absolute atomic E-state index is 12.3. The first-order valence-electron chi connectivity index (χ1n) is 14.4. The summed E-state index contributed by atoms with van der Waals surface area (Å²) >= 11 is 0. The van der Waals surface area contributed by atoms with E-state index >= 15 is 0 Å². The van der Waals surface area contributed by atoms with Crippen LogP contribution in [0.15, 0.2) is 94.8 Å². The van der Waals surface area contributed by atoms with E-state index in [1.165, 1.54) is 0 Å². The Morgan fingerprint density at radius 3 is 2.51 bits per heavy atom. The summed E-state index contributed by atoms with van der Waals surface area (Å²) in [6, 6.07) is 16.2. The van der Waals surface area contributed by atoms with E-state index in [-0.39, 0.29) is 0 Å². The second kappa shape index (κ2) is 15.7. The Hall–Kier alpha value is -4.03. The van der Waals surface area contributed by atoms with Crippen molar-refractivity contribution < 1.29 is 14.7 Å². The van der Waals surface area contributed by atoms with Crippen LogP contribution >= 0.6 is 0 Å². The van der Waals surface area contributed by atoms with E-state index < -0.39 is 6.10 Å². The normalized spacial score (nSPS) is 14.8. The minimum Gasteiger partial charge on any atom is -0.389 e. The second-order valence-corrected chi connectivity index (χ2v) is 10.6. The molecular weight excluding hydrogens is 510 g/mol. The molecule has 0 heterocycles. The van der Waals surface area contributed by atoms with Gasteiger partial charge in [0.25, 0.3) is 0 Å². The number of amides is 1. The summed E-state index contributed by atoms with van der Waals surface area (Å²) in [6.45, 7) is 10.5. The lowest BCUT2D eigenvalue weighted by molar-refractivity contribution is -0.109. The Morgan fingerprint density at radius 1 is 1.12 bits per heavy atom. The smallest absolute Gasteiger partial charge is 0.211 e. The number of rotatable bonds is 14. The maximum Gasteiger partial charge on any atom is 0.211 e. The van der Waals surface area contributed by atoms with E-state index in [0.717, 1.165) is 83.3 Å². The highest BCUT2D eigenvalue weighted by atomic mass is 16.3. The van der Waals surface area contributed by atoms with E-state index in [4.69, 9.17) is 4.99 Å². The first kappa shape index (κ1) is 31.5. The lowest BCUT2D eigenvalue weighted by Crippen LogP contribution is -2.24. The van der Waals surface area contributed by atoms with Crippen LogP contribution in [-0.2, 0) is 22.6 Å². The summed E-state index contributed by atoms with van der Waals surface area (Å²) in [7, 11) is 1.99. The van der Waals surface area contributed by atoms with Crippen LogP contribution in [0.25, 0.3) is 5.57 Å². The summed E-state index contributed by atoms with van der Waals surface area (Å²) in [6.07, 6.45) is 10.4. The molecule has 1 aliphatic rings. The molecule has 2 aromatic carbocycles. The highest BCUT2D eigenvalue weighted by Gasteiger charge is 2.15. The van der Waals surface area contributed by atoms with Crippen molar-refractivity contribution in [3.05, 3.63) is 112 Å². The van der Waals surface area contributed by atoms with Crippen molar-refractivity contribution in [1.29, 1.82) is 0 Å². The summed E-state index contributed by atoms with van der Waals surface area (Å²) < 4.78 is 0. The number of aliphatic hydroxyl groups is 1. The number of nitrogens with one attached hydrogen (secondary N) is 1. The number of carbonyl (C=O) groups excluding carboxylic acids is 2. The van der Waals surface area contributed by atoms with Gasteiger partial charge in [-0.3, -0.25) is 9.59 Å². The van der Waals surface area contributed by atoms with Gasteiger partial charge in [0.1, 0.15) is 12.1 Å². The molecule has 3 rings (SSSR count). The summed E-state index contributed by atoms with van der Waals surface area (Å²) in [5, 5.41) is 12.6. The lowest BCUT2D eigenvalue weighted by atomic mass is 9.89. The zero-order valence-electron chi connectivity index (χ0n) is 24.8. The molecule has 0 spiro atoms. The molecule has 1 atom stereocenters. The van der Waals surface area contributed by atoms with Crippen molar-refractivity contribution in [2.45, 2.75) is 71.9 Å². The first-order chi connectivity index (χ1) is 19.8. The number of hydrogen-bond donors (Lipinski definition) is 2. The second-order valence-electron chi connectivity index (χ2n) is 10.6. The van der Waals surface area contributed by atoms with Gasteiger partial charge in [-0.15, -0.1) is 0 Å². The topological polar surface area (TPSA) is 82.0 Å². The quantitative estimate of drug-likeness (QED) is 0.116. The van der Waals surface area contributed by atoms with Crippen molar-refractivity contribution in [2.24, 2.45) is 4.99 Å². The number of benzene rings is 2. The van der Waals surface area contributed by atoms with E-state index in [0.29, 0.717) is 30.6 Å². The number of unbranched alkanes of at least 4 members (excludes halogenated alkanes) is 1. The van der Waals surface area contributed by atoms with Gasteiger partial charge in [-0.2, -0.15) is 0 Å². The Morgan fingerprint density at radius 2 is 1.85 bits per heavy atom. The lowest BCUT2D eigenvalue weighted by Gasteiger charge is -2.21. The fourth-order valence-electron chi connectivity index (χ4n) is 4.87. The van der Waals surface area contributed by atoms with Crippen molar-refractivity contribution in [1.82, 2.24) is 10.2 Å². The van der Waals surface area contributed by atoms with Crippen molar-refractivity contribution >= 4 is 24.1 Å². The van der Waals surface area contributed by atoms with Gasteiger partial charge in [0.05, 0.1) is 6.10 Å². The molecule has 0 bridgehead atoms. The molecule has 0 radical (unpaired) electrons. The average molecular weight is 554 g/mol. The van der Waals surface area contributed by atoms with Gasteiger partial charge in [-0.25, -0.2) is 4.99 Å². The van der Waals surface area contributed by atoms with Gasteiger partial charge in [-0.1, -0.05) is 80.6 Å². The van der Waals surface area contributed by atoms with Crippen LogP contribution in [-0.4, -0.2) is 35.6 Å². The molecular formula is C35H43N3O3. The fourth-order valence-corrected chi connectivity index (χ4v) is 4.87. The van der Waals surface area contributed by atoms with E-state index in [9.17, 15) is 14.7 Å². The molecule has 0 saturated heterocycles. The standard InChI is InChI=1S/C35H43N3O3/c1-6-7-15-35(37-27(4)38(5)22-29-11-10-12-31(21-29)26(3)41)32(23-39)20-28-16-18-30(19-17-28)34-14-9-8-13-33(34)25(2)36-24-40/h10-14,16-19,21,23-24,26,41H,2,6-9,15,20,22H2,1,3-5H3,(H,36,40)/b35-32-,37-27?. The van der Waals surface area contributed by atoms with Gasteiger partial charge < -0.3 is 15.3 Å². The van der Waals surface area contributed by atoms with Gasteiger partial charge in [-0.05, 0) is 67.4 Å². The molecule has 6 nitrogen and oxygen atoms in total. The molecule has 2 N–H and O–H groups in total. The van der Waals surface area contributed by atoms with Crippen LogP contribution in [0.1, 0.15) is 81.2 Å². The monoisotopic (exact) mass is 553 g/mol. The Labute approximate surface area is 244 Å². The number of aliphatic hydroxyl groups excluding tert-OH is 1. The summed E-state index contributed by atoms with van der Waals surface area (Å²) in [5.74, 6) is 0.834. The zero-order chi connectivity index (χ0) is 29.8. The molecule has 0 aromatic heterocycles. The SMILES string of the molecule is C=C(NC=O)C1=CCCC=C1c1ccc(C/C(C=O)=C(\CCCC)N=C(C)N(C)Cc2cccc(C(C)O)c2)cc1. The molecule has 216 valence electrons. The molecule has 1 unspecified atom stereocenters. The molecule has 6 heteroatoms.